The summed E-state index contributed by atoms with van der Waals surface area (Å²) in [6, 6.07) is 13.3. The van der Waals surface area contributed by atoms with Gasteiger partial charge in [-0.2, -0.15) is 5.10 Å². The molecule has 0 aliphatic carbocycles. The number of fused-ring (bicyclic) bond motifs is 1. The Hall–Kier alpha value is -3.12. The second-order valence-electron chi connectivity index (χ2n) is 6.03. The third-order valence-electron chi connectivity index (χ3n) is 4.34. The number of nitrogens with zero attached hydrogens (tertiary/aromatic N) is 3. The van der Waals surface area contributed by atoms with Crippen molar-refractivity contribution in [1.82, 2.24) is 14.2 Å². The third-order valence-corrected chi connectivity index (χ3v) is 4.69. The van der Waals surface area contributed by atoms with Gasteiger partial charge in [-0.1, -0.05) is 29.8 Å². The van der Waals surface area contributed by atoms with E-state index in [0.29, 0.717) is 22.5 Å². The highest BCUT2D eigenvalue weighted by Crippen LogP contribution is 2.28. The van der Waals surface area contributed by atoms with Gasteiger partial charge in [-0.15, -0.1) is 0 Å². The molecule has 0 aliphatic rings. The highest BCUT2D eigenvalue weighted by atomic mass is 35.5. The molecule has 0 fully saturated rings. The van der Waals surface area contributed by atoms with E-state index in [-0.39, 0.29) is 17.1 Å². The minimum atomic E-state index is -0.413. The second kappa shape index (κ2) is 6.89. The molecule has 0 N–H and O–H groups in total. The van der Waals surface area contributed by atoms with Crippen LogP contribution < -0.4 is 10.3 Å². The molecule has 0 bridgehead atoms. The lowest BCUT2D eigenvalue weighted by molar-refractivity contribution is 0.416. The maximum absolute atomic E-state index is 13.2. The Morgan fingerprint density at radius 3 is 2.74 bits per heavy atom. The molecule has 0 saturated carbocycles. The third kappa shape index (κ3) is 3.19. The molecule has 4 aromatic rings. The van der Waals surface area contributed by atoms with Gasteiger partial charge in [0, 0.05) is 23.0 Å². The topological polar surface area (TPSA) is 48.5 Å². The molecule has 0 aliphatic heterocycles. The summed E-state index contributed by atoms with van der Waals surface area (Å²) in [6.45, 7) is 0.240. The zero-order valence-electron chi connectivity index (χ0n) is 14.4. The summed E-state index contributed by atoms with van der Waals surface area (Å²) in [5.41, 5.74) is 2.32. The first-order valence-electron chi connectivity index (χ1n) is 8.23. The fourth-order valence-corrected chi connectivity index (χ4v) is 3.20. The largest absolute Gasteiger partial charge is 0.496 e. The van der Waals surface area contributed by atoms with Crippen LogP contribution in [0.4, 0.5) is 4.39 Å². The number of aromatic nitrogens is 3. The Balaban J connectivity index is 1.77. The van der Waals surface area contributed by atoms with Crippen LogP contribution in [0.3, 0.4) is 0 Å². The van der Waals surface area contributed by atoms with E-state index in [1.54, 1.807) is 31.6 Å². The number of halogens is 2. The maximum Gasteiger partial charge on any atom is 0.276 e. The highest BCUT2D eigenvalue weighted by Gasteiger charge is 2.13. The average molecular weight is 384 g/mol. The molecule has 0 radical (unpaired) electrons. The Morgan fingerprint density at radius 1 is 1.15 bits per heavy atom. The monoisotopic (exact) mass is 383 g/mol. The van der Waals surface area contributed by atoms with Crippen molar-refractivity contribution in [2.75, 3.05) is 7.11 Å². The van der Waals surface area contributed by atoms with Gasteiger partial charge < -0.3 is 9.30 Å². The van der Waals surface area contributed by atoms with Crippen molar-refractivity contribution in [3.05, 3.63) is 87.7 Å². The first-order valence-corrected chi connectivity index (χ1v) is 8.61. The molecule has 0 spiro atoms. The van der Waals surface area contributed by atoms with Crippen LogP contribution in [0.15, 0.2) is 65.7 Å². The van der Waals surface area contributed by atoms with Gasteiger partial charge in [0.2, 0.25) is 0 Å². The Kier molecular flexibility index (Phi) is 4.41. The van der Waals surface area contributed by atoms with Crippen molar-refractivity contribution >= 4 is 17.1 Å². The molecule has 4 rings (SSSR count). The van der Waals surface area contributed by atoms with Gasteiger partial charge in [0.25, 0.3) is 5.56 Å². The smallest absolute Gasteiger partial charge is 0.276 e. The molecule has 7 heteroatoms. The lowest BCUT2D eigenvalue weighted by Crippen LogP contribution is -2.21. The highest BCUT2D eigenvalue weighted by molar-refractivity contribution is 6.31. The van der Waals surface area contributed by atoms with E-state index >= 15 is 0 Å². The van der Waals surface area contributed by atoms with E-state index in [1.165, 1.54) is 21.2 Å². The minimum Gasteiger partial charge on any atom is -0.496 e. The van der Waals surface area contributed by atoms with Crippen molar-refractivity contribution in [3.63, 3.8) is 0 Å². The van der Waals surface area contributed by atoms with Gasteiger partial charge in [-0.25, -0.2) is 8.91 Å². The number of ether oxygens (including phenoxy) is 1. The first kappa shape index (κ1) is 17.3. The van der Waals surface area contributed by atoms with Gasteiger partial charge in [-0.3, -0.25) is 4.79 Å². The van der Waals surface area contributed by atoms with Gasteiger partial charge in [0.05, 0.1) is 19.3 Å². The molecule has 0 amide bonds. The van der Waals surface area contributed by atoms with Crippen molar-refractivity contribution in [1.29, 1.82) is 0 Å². The molecule has 2 aromatic carbocycles. The van der Waals surface area contributed by atoms with Crippen molar-refractivity contribution in [2.24, 2.45) is 0 Å². The summed E-state index contributed by atoms with van der Waals surface area (Å²) in [4.78, 5) is 12.9. The standard InChI is InChI=1S/C20H15ClFN3O2/c1-27-19-5-3-2-4-15(19)17-11-18-20(26)24(8-9-25(18)23-17)12-13-6-7-14(22)10-16(13)21/h2-11H,12H2,1H3. The molecular weight excluding hydrogens is 369 g/mol. The van der Waals surface area contributed by atoms with E-state index in [1.807, 2.05) is 24.3 Å². The van der Waals surface area contributed by atoms with Crippen LogP contribution >= 0.6 is 11.6 Å². The van der Waals surface area contributed by atoms with Crippen LogP contribution in [0.1, 0.15) is 5.56 Å². The molecule has 0 atom stereocenters. The summed E-state index contributed by atoms with van der Waals surface area (Å²) < 4.78 is 21.6. The van der Waals surface area contributed by atoms with Gasteiger partial charge in [-0.05, 0) is 35.9 Å². The maximum atomic E-state index is 13.2. The second-order valence-corrected chi connectivity index (χ2v) is 6.43. The number of rotatable bonds is 4. The van der Waals surface area contributed by atoms with E-state index in [9.17, 15) is 9.18 Å². The lowest BCUT2D eigenvalue weighted by Gasteiger charge is -2.08. The molecule has 27 heavy (non-hydrogen) atoms. The lowest BCUT2D eigenvalue weighted by atomic mass is 10.1. The molecule has 0 unspecified atom stereocenters. The molecule has 2 heterocycles. The van der Waals surface area contributed by atoms with Gasteiger partial charge >= 0.3 is 0 Å². The predicted octanol–water partition coefficient (Wildman–Crippen LogP) is 4.01. The Bertz CT molecular complexity index is 1200. The van der Waals surface area contributed by atoms with Crippen LogP contribution in [-0.4, -0.2) is 21.3 Å². The van der Waals surface area contributed by atoms with Crippen LogP contribution in [0.25, 0.3) is 16.8 Å². The number of hydrogen-bond donors (Lipinski definition) is 0. The molecule has 136 valence electrons. The fourth-order valence-electron chi connectivity index (χ4n) is 2.97. The normalized spacial score (nSPS) is 11.1. The van der Waals surface area contributed by atoms with E-state index < -0.39 is 5.82 Å². The van der Waals surface area contributed by atoms with Crippen LogP contribution in [-0.2, 0) is 6.54 Å². The first-order chi connectivity index (χ1) is 13.1. The fraction of sp³-hybridized carbons (Fsp3) is 0.100. The zero-order valence-corrected chi connectivity index (χ0v) is 15.2. The SMILES string of the molecule is COc1ccccc1-c1cc2c(=O)n(Cc3ccc(F)cc3Cl)ccn2n1. The van der Waals surface area contributed by atoms with Crippen LogP contribution in [0, 0.1) is 5.82 Å². The number of hydrogen-bond acceptors (Lipinski definition) is 3. The van der Waals surface area contributed by atoms with Crippen molar-refractivity contribution in [3.8, 4) is 17.0 Å². The van der Waals surface area contributed by atoms with Crippen molar-refractivity contribution in [2.45, 2.75) is 6.54 Å². The van der Waals surface area contributed by atoms with E-state index in [2.05, 4.69) is 5.10 Å². The molecule has 5 nitrogen and oxygen atoms in total. The van der Waals surface area contributed by atoms with Crippen LogP contribution in [0.2, 0.25) is 5.02 Å². The summed E-state index contributed by atoms with van der Waals surface area (Å²) in [7, 11) is 1.59. The molecule has 2 aromatic heterocycles. The van der Waals surface area contributed by atoms with Gasteiger partial charge in [0.1, 0.15) is 17.1 Å². The van der Waals surface area contributed by atoms with E-state index in [4.69, 9.17) is 16.3 Å². The van der Waals surface area contributed by atoms with E-state index in [0.717, 1.165) is 5.56 Å². The molecular formula is C20H15ClFN3O2. The van der Waals surface area contributed by atoms with Crippen molar-refractivity contribution < 1.29 is 9.13 Å². The summed E-state index contributed by atoms with van der Waals surface area (Å²) in [6.07, 6.45) is 3.33. The predicted molar refractivity (Wildman–Crippen MR) is 102 cm³/mol. The summed E-state index contributed by atoms with van der Waals surface area (Å²) in [5, 5.41) is 4.76. The zero-order chi connectivity index (χ0) is 19.0. The number of methoxy groups -OCH3 is 1. The number of para-hydroxylation sites is 1. The van der Waals surface area contributed by atoms with Gasteiger partial charge in [0.15, 0.2) is 0 Å². The average Bonchev–Trinajstić information content (AvgIpc) is 3.11. The summed E-state index contributed by atoms with van der Waals surface area (Å²) in [5.74, 6) is 0.267. The Morgan fingerprint density at radius 2 is 1.96 bits per heavy atom. The Labute approximate surface area is 159 Å². The quantitative estimate of drug-likeness (QED) is 0.535. The van der Waals surface area contributed by atoms with Crippen LogP contribution in [0.5, 0.6) is 5.75 Å². The molecule has 0 saturated heterocycles. The summed E-state index contributed by atoms with van der Waals surface area (Å²) >= 11 is 6.08. The minimum absolute atomic E-state index is 0.216. The number of benzene rings is 2.